The predicted molar refractivity (Wildman–Crippen MR) is 81.5 cm³/mol. The Balaban J connectivity index is 3.06. The zero-order valence-electron chi connectivity index (χ0n) is 10.7. The van der Waals surface area contributed by atoms with Gasteiger partial charge in [0, 0.05) is 11.3 Å². The van der Waals surface area contributed by atoms with E-state index in [4.69, 9.17) is 33.2 Å². The molecule has 0 atom stereocenters. The van der Waals surface area contributed by atoms with Crippen LogP contribution in [0.1, 0.15) is 57.8 Å². The van der Waals surface area contributed by atoms with E-state index in [0.717, 1.165) is 31.7 Å². The first-order valence-electron chi connectivity index (χ1n) is 6.60. The molecule has 0 bridgehead atoms. The number of hydrogen-bond donors (Lipinski definition) is 0. The van der Waals surface area contributed by atoms with Gasteiger partial charge in [-0.2, -0.15) is 0 Å². The molecule has 0 spiro atoms. The molecule has 0 amide bonds. The Hall–Kier alpha value is 0.487. The Morgan fingerprint density at radius 3 is 1.56 bits per heavy atom. The van der Waals surface area contributed by atoms with Crippen LogP contribution in [0.4, 0.5) is 0 Å². The molecular formula is C11H22Cl3NO2Si. The summed E-state index contributed by atoms with van der Waals surface area (Å²) in [5.41, 5.74) is 0. The molecule has 108 valence electrons. The SMILES string of the molecule is O=[N+]([O-])CCCCCCCCCCC[Si](Cl)(Cl)Cl. The maximum absolute atomic E-state index is 10.1. The van der Waals surface area contributed by atoms with Gasteiger partial charge in [0.1, 0.15) is 0 Å². The van der Waals surface area contributed by atoms with E-state index in [0.29, 0.717) is 6.42 Å². The molecule has 0 N–H and O–H groups in total. The maximum atomic E-state index is 10.1. The monoisotopic (exact) mass is 333 g/mol. The van der Waals surface area contributed by atoms with E-state index >= 15 is 0 Å². The van der Waals surface area contributed by atoms with Gasteiger partial charge in [-0.05, 0) is 12.5 Å². The maximum Gasteiger partial charge on any atom is 0.341 e. The summed E-state index contributed by atoms with van der Waals surface area (Å²) in [6.07, 6.45) is 9.75. The highest BCUT2D eigenvalue weighted by Gasteiger charge is 2.23. The van der Waals surface area contributed by atoms with Crippen LogP contribution in [-0.4, -0.2) is 17.5 Å². The van der Waals surface area contributed by atoms with Crippen LogP contribution in [0.2, 0.25) is 6.04 Å². The Morgan fingerprint density at radius 2 is 1.17 bits per heavy atom. The number of unbranched alkanes of at least 4 members (excludes halogenated alkanes) is 8. The first kappa shape index (κ1) is 18.5. The van der Waals surface area contributed by atoms with E-state index in [-0.39, 0.29) is 11.5 Å². The van der Waals surface area contributed by atoms with E-state index in [1.54, 1.807) is 0 Å². The van der Waals surface area contributed by atoms with Crippen LogP contribution in [0, 0.1) is 10.1 Å². The van der Waals surface area contributed by atoms with Crippen molar-refractivity contribution in [1.29, 1.82) is 0 Å². The zero-order valence-corrected chi connectivity index (χ0v) is 13.9. The Kier molecular flexibility index (Phi) is 11.6. The van der Waals surface area contributed by atoms with Crippen molar-refractivity contribution < 1.29 is 4.92 Å². The number of rotatable bonds is 12. The third kappa shape index (κ3) is 16.5. The summed E-state index contributed by atoms with van der Waals surface area (Å²) >= 11 is 17.4. The van der Waals surface area contributed by atoms with Crippen molar-refractivity contribution >= 4 is 39.2 Å². The van der Waals surface area contributed by atoms with Crippen molar-refractivity contribution in [3.05, 3.63) is 10.1 Å². The largest absolute Gasteiger partial charge is 0.341 e. The van der Waals surface area contributed by atoms with Gasteiger partial charge < -0.3 is 0 Å². The van der Waals surface area contributed by atoms with E-state index in [1.807, 2.05) is 0 Å². The van der Waals surface area contributed by atoms with Crippen LogP contribution in [0.3, 0.4) is 0 Å². The smallest absolute Gasteiger partial charge is 0.265 e. The van der Waals surface area contributed by atoms with E-state index in [9.17, 15) is 10.1 Å². The average Bonchev–Trinajstić information content (AvgIpc) is 2.24. The highest BCUT2D eigenvalue weighted by molar-refractivity contribution is 7.64. The number of nitrogens with zero attached hydrogens (tertiary/aromatic N) is 1. The summed E-state index contributed by atoms with van der Waals surface area (Å²) in [5.74, 6) is 0. The normalized spacial score (nSPS) is 11.7. The second-order valence-electron chi connectivity index (χ2n) is 4.60. The Morgan fingerprint density at radius 1 is 0.778 bits per heavy atom. The molecule has 0 fully saturated rings. The highest BCUT2D eigenvalue weighted by atomic mass is 35.8. The topological polar surface area (TPSA) is 43.1 Å². The molecule has 0 rings (SSSR count). The standard InChI is InChI=1S/C11H22Cl3NO2Si/c12-18(13,14)11-9-7-5-3-1-2-4-6-8-10-15(16)17/h1-11H2. The molecule has 18 heavy (non-hydrogen) atoms. The first-order chi connectivity index (χ1) is 8.42. The van der Waals surface area contributed by atoms with Gasteiger partial charge >= 0.3 is 6.00 Å². The Labute approximate surface area is 124 Å². The van der Waals surface area contributed by atoms with E-state index in [2.05, 4.69) is 0 Å². The lowest BCUT2D eigenvalue weighted by Crippen LogP contribution is -2.07. The second kappa shape index (κ2) is 11.3. The lowest BCUT2D eigenvalue weighted by molar-refractivity contribution is -0.480. The van der Waals surface area contributed by atoms with Gasteiger partial charge in [-0.3, -0.25) is 10.1 Å². The fraction of sp³-hybridized carbons (Fsp3) is 1.00. The summed E-state index contributed by atoms with van der Waals surface area (Å²) in [4.78, 5) is 9.84. The van der Waals surface area contributed by atoms with Gasteiger partial charge in [-0.15, -0.1) is 33.2 Å². The van der Waals surface area contributed by atoms with Crippen molar-refractivity contribution in [2.24, 2.45) is 0 Å². The third-order valence-corrected chi connectivity index (χ3v) is 5.42. The molecule has 3 nitrogen and oxygen atoms in total. The van der Waals surface area contributed by atoms with Crippen molar-refractivity contribution in [1.82, 2.24) is 0 Å². The van der Waals surface area contributed by atoms with Crippen molar-refractivity contribution in [3.8, 4) is 0 Å². The molecule has 0 aromatic carbocycles. The van der Waals surface area contributed by atoms with Crippen molar-refractivity contribution in [2.45, 2.75) is 63.8 Å². The van der Waals surface area contributed by atoms with Gasteiger partial charge in [0.2, 0.25) is 6.54 Å². The number of halogens is 3. The predicted octanol–water partition coefficient (Wildman–Crippen LogP) is 5.43. The summed E-state index contributed by atoms with van der Waals surface area (Å²) in [6, 6.07) is -1.63. The minimum Gasteiger partial charge on any atom is -0.265 e. The lowest BCUT2D eigenvalue weighted by atomic mass is 10.1. The van der Waals surface area contributed by atoms with Gasteiger partial charge in [0.25, 0.3) is 0 Å². The summed E-state index contributed by atoms with van der Waals surface area (Å²) in [6.45, 7) is 0.112. The van der Waals surface area contributed by atoms with Gasteiger partial charge in [-0.1, -0.05) is 44.9 Å². The van der Waals surface area contributed by atoms with E-state index in [1.165, 1.54) is 25.7 Å². The minimum atomic E-state index is -2.40. The molecular weight excluding hydrogens is 313 g/mol. The first-order valence-corrected chi connectivity index (χ1v) is 11.8. The quantitative estimate of drug-likeness (QED) is 0.157. The molecule has 0 unspecified atom stereocenters. The molecule has 7 heteroatoms. The van der Waals surface area contributed by atoms with Gasteiger partial charge in [-0.25, -0.2) is 0 Å². The van der Waals surface area contributed by atoms with Gasteiger partial charge in [0.15, 0.2) is 0 Å². The molecule has 0 radical (unpaired) electrons. The van der Waals surface area contributed by atoms with Gasteiger partial charge in [0.05, 0.1) is 0 Å². The number of nitro groups is 1. The molecule has 0 aliphatic rings. The van der Waals surface area contributed by atoms with Crippen LogP contribution < -0.4 is 0 Å². The molecule has 0 aliphatic heterocycles. The fourth-order valence-corrected chi connectivity index (χ4v) is 3.66. The molecule has 0 saturated carbocycles. The van der Waals surface area contributed by atoms with Crippen molar-refractivity contribution in [3.63, 3.8) is 0 Å². The number of hydrogen-bond acceptors (Lipinski definition) is 2. The minimum absolute atomic E-state index is 0.112. The molecule has 0 saturated heterocycles. The van der Waals surface area contributed by atoms with Crippen LogP contribution >= 0.6 is 33.2 Å². The molecule has 0 aliphatic carbocycles. The molecule has 0 heterocycles. The molecule has 0 aromatic heterocycles. The van der Waals surface area contributed by atoms with Crippen molar-refractivity contribution in [2.75, 3.05) is 6.54 Å². The van der Waals surface area contributed by atoms with Crippen LogP contribution in [0.5, 0.6) is 0 Å². The third-order valence-electron chi connectivity index (χ3n) is 2.80. The van der Waals surface area contributed by atoms with E-state index < -0.39 is 6.00 Å². The highest BCUT2D eigenvalue weighted by Crippen LogP contribution is 2.27. The average molecular weight is 335 g/mol. The van der Waals surface area contributed by atoms with Crippen LogP contribution in [-0.2, 0) is 0 Å². The zero-order chi connectivity index (χ0) is 13.9. The van der Waals surface area contributed by atoms with Crippen LogP contribution in [0.15, 0.2) is 0 Å². The summed E-state index contributed by atoms with van der Waals surface area (Å²) < 4.78 is 0. The molecule has 0 aromatic rings. The lowest BCUT2D eigenvalue weighted by Gasteiger charge is -2.06. The summed E-state index contributed by atoms with van der Waals surface area (Å²) in [5, 5.41) is 10.1. The second-order valence-corrected chi connectivity index (χ2v) is 13.9. The fourth-order valence-electron chi connectivity index (χ4n) is 1.80. The summed E-state index contributed by atoms with van der Waals surface area (Å²) in [7, 11) is 0. The van der Waals surface area contributed by atoms with Crippen LogP contribution in [0.25, 0.3) is 0 Å². The Bertz CT molecular complexity index is 225.